The summed E-state index contributed by atoms with van der Waals surface area (Å²) in [7, 11) is 0. The second kappa shape index (κ2) is 5.96. The van der Waals surface area contributed by atoms with Crippen LogP contribution in [0.4, 0.5) is 23.2 Å². The smallest absolute Gasteiger partial charge is 0.234 e. The van der Waals surface area contributed by atoms with Gasteiger partial charge in [0.2, 0.25) is 5.91 Å². The Balaban J connectivity index is 3.13. The van der Waals surface area contributed by atoms with Crippen LogP contribution < -0.4 is 11.1 Å². The first-order valence-corrected chi connectivity index (χ1v) is 5.63. The maximum absolute atomic E-state index is 13.3. The van der Waals surface area contributed by atoms with Crippen molar-refractivity contribution in [1.29, 1.82) is 0 Å². The van der Waals surface area contributed by atoms with Gasteiger partial charge in [0.1, 0.15) is 5.69 Å². The van der Waals surface area contributed by atoms with Gasteiger partial charge in [0.05, 0.1) is 10.9 Å². The molecule has 0 bridgehead atoms. The van der Waals surface area contributed by atoms with Crippen molar-refractivity contribution >= 4 is 28.8 Å². The average molecular weight is 294 g/mol. The molecule has 3 nitrogen and oxygen atoms in total. The van der Waals surface area contributed by atoms with E-state index in [0.717, 1.165) is 0 Å². The standard InChI is InChI=1S/C11H10F4N2OS/c1-2-4(10(16)19)11(18)17-9-7(14)5(12)3-6(13)8(9)15/h3-4H,2H2,1H3,(H2,16,19)(H,17,18). The summed E-state index contributed by atoms with van der Waals surface area (Å²) in [5.41, 5.74) is 4.08. The normalized spacial score (nSPS) is 12.1. The zero-order valence-electron chi connectivity index (χ0n) is 9.77. The lowest BCUT2D eigenvalue weighted by atomic mass is 10.1. The SMILES string of the molecule is CCC(C(=O)Nc1c(F)c(F)cc(F)c1F)C(N)=S. The van der Waals surface area contributed by atoms with E-state index >= 15 is 0 Å². The number of carbonyl (C=O) groups is 1. The van der Waals surface area contributed by atoms with Gasteiger partial charge in [0.25, 0.3) is 0 Å². The van der Waals surface area contributed by atoms with Crippen LogP contribution in [0.3, 0.4) is 0 Å². The summed E-state index contributed by atoms with van der Waals surface area (Å²) in [5.74, 6) is -8.52. The molecule has 1 unspecified atom stereocenters. The first-order valence-electron chi connectivity index (χ1n) is 5.22. The molecule has 0 aliphatic carbocycles. The number of benzene rings is 1. The van der Waals surface area contributed by atoms with E-state index in [1.54, 1.807) is 12.2 Å². The van der Waals surface area contributed by atoms with Crippen LogP contribution in [-0.2, 0) is 4.79 Å². The Bertz CT molecular complexity index is 510. The van der Waals surface area contributed by atoms with Crippen LogP contribution in [0.5, 0.6) is 0 Å². The van der Waals surface area contributed by atoms with Crippen molar-refractivity contribution in [3.63, 3.8) is 0 Å². The van der Waals surface area contributed by atoms with E-state index < -0.39 is 40.8 Å². The fraction of sp³-hybridized carbons (Fsp3) is 0.273. The highest BCUT2D eigenvalue weighted by Crippen LogP contribution is 2.24. The minimum Gasteiger partial charge on any atom is -0.393 e. The highest BCUT2D eigenvalue weighted by atomic mass is 32.1. The lowest BCUT2D eigenvalue weighted by molar-refractivity contribution is -0.118. The Labute approximate surface area is 111 Å². The summed E-state index contributed by atoms with van der Waals surface area (Å²) in [4.78, 5) is 11.5. The van der Waals surface area contributed by atoms with E-state index in [0.29, 0.717) is 0 Å². The third-order valence-corrected chi connectivity index (χ3v) is 2.71. The van der Waals surface area contributed by atoms with Crippen molar-refractivity contribution in [3.8, 4) is 0 Å². The van der Waals surface area contributed by atoms with Gasteiger partial charge in [-0.2, -0.15) is 0 Å². The van der Waals surface area contributed by atoms with Crippen LogP contribution in [-0.4, -0.2) is 10.9 Å². The number of nitrogens with two attached hydrogens (primary N) is 1. The molecular weight excluding hydrogens is 284 g/mol. The molecule has 1 atom stereocenters. The van der Waals surface area contributed by atoms with Gasteiger partial charge >= 0.3 is 0 Å². The number of halogens is 4. The molecule has 19 heavy (non-hydrogen) atoms. The summed E-state index contributed by atoms with van der Waals surface area (Å²) in [6.07, 6.45) is 0.183. The molecule has 1 rings (SSSR count). The molecule has 1 aromatic rings. The molecule has 1 aromatic carbocycles. The average Bonchev–Trinajstić information content (AvgIpc) is 2.32. The Morgan fingerprint density at radius 1 is 1.32 bits per heavy atom. The number of carbonyl (C=O) groups excluding carboxylic acids is 1. The molecule has 0 aliphatic heterocycles. The van der Waals surface area contributed by atoms with Crippen molar-refractivity contribution in [2.45, 2.75) is 13.3 Å². The molecule has 0 aliphatic rings. The van der Waals surface area contributed by atoms with Crippen molar-refractivity contribution in [2.75, 3.05) is 5.32 Å². The predicted octanol–water partition coefficient (Wildman–Crippen LogP) is 2.49. The molecule has 3 N–H and O–H groups in total. The van der Waals surface area contributed by atoms with Crippen molar-refractivity contribution in [2.24, 2.45) is 11.7 Å². The first-order chi connectivity index (χ1) is 8.79. The summed E-state index contributed by atoms with van der Waals surface area (Å²) < 4.78 is 52.5. The molecule has 0 fully saturated rings. The maximum Gasteiger partial charge on any atom is 0.234 e. The Kier molecular flexibility index (Phi) is 4.82. The van der Waals surface area contributed by atoms with Gasteiger partial charge in [-0.05, 0) is 6.42 Å². The van der Waals surface area contributed by atoms with Crippen LogP contribution in [0.2, 0.25) is 0 Å². The zero-order chi connectivity index (χ0) is 14.7. The highest BCUT2D eigenvalue weighted by molar-refractivity contribution is 7.80. The van der Waals surface area contributed by atoms with Crippen molar-refractivity contribution in [1.82, 2.24) is 0 Å². The Morgan fingerprint density at radius 2 is 1.79 bits per heavy atom. The number of thiocarbonyl (C=S) groups is 1. The number of hydrogen-bond acceptors (Lipinski definition) is 2. The molecule has 0 saturated heterocycles. The van der Waals surface area contributed by atoms with Gasteiger partial charge in [-0.25, -0.2) is 17.6 Å². The van der Waals surface area contributed by atoms with Gasteiger partial charge in [-0.15, -0.1) is 0 Å². The number of anilines is 1. The van der Waals surface area contributed by atoms with E-state index in [-0.39, 0.29) is 17.5 Å². The summed E-state index contributed by atoms with van der Waals surface area (Å²) in [5, 5.41) is 1.76. The summed E-state index contributed by atoms with van der Waals surface area (Å²) >= 11 is 4.61. The third-order valence-electron chi connectivity index (χ3n) is 2.43. The van der Waals surface area contributed by atoms with Crippen molar-refractivity contribution in [3.05, 3.63) is 29.3 Å². The summed E-state index contributed by atoms with van der Waals surface area (Å²) in [6.45, 7) is 1.57. The second-order valence-corrected chi connectivity index (χ2v) is 4.17. The second-order valence-electron chi connectivity index (χ2n) is 3.70. The number of hydrogen-bond donors (Lipinski definition) is 2. The van der Waals surface area contributed by atoms with E-state index in [1.807, 2.05) is 0 Å². The quantitative estimate of drug-likeness (QED) is 0.509. The third kappa shape index (κ3) is 3.19. The zero-order valence-corrected chi connectivity index (χ0v) is 10.6. The van der Waals surface area contributed by atoms with E-state index in [1.165, 1.54) is 0 Å². The molecule has 0 spiro atoms. The predicted molar refractivity (Wildman–Crippen MR) is 65.5 cm³/mol. The molecule has 0 radical (unpaired) electrons. The largest absolute Gasteiger partial charge is 0.393 e. The molecular formula is C11H10F4N2OS. The van der Waals surface area contributed by atoms with Gasteiger partial charge in [-0.1, -0.05) is 19.1 Å². The molecule has 104 valence electrons. The first kappa shape index (κ1) is 15.4. The highest BCUT2D eigenvalue weighted by Gasteiger charge is 2.25. The van der Waals surface area contributed by atoms with Crippen LogP contribution in [0, 0.1) is 29.2 Å². The van der Waals surface area contributed by atoms with Crippen molar-refractivity contribution < 1.29 is 22.4 Å². The van der Waals surface area contributed by atoms with Crippen LogP contribution >= 0.6 is 12.2 Å². The van der Waals surface area contributed by atoms with Gasteiger partial charge < -0.3 is 11.1 Å². The van der Waals surface area contributed by atoms with Gasteiger partial charge in [-0.3, -0.25) is 4.79 Å². The van der Waals surface area contributed by atoms with Gasteiger partial charge in [0.15, 0.2) is 23.3 Å². The fourth-order valence-corrected chi connectivity index (χ4v) is 1.68. The Morgan fingerprint density at radius 3 is 2.16 bits per heavy atom. The maximum atomic E-state index is 13.3. The summed E-state index contributed by atoms with van der Waals surface area (Å²) in [6, 6.07) is 0.0468. The van der Waals surface area contributed by atoms with E-state index in [9.17, 15) is 22.4 Å². The van der Waals surface area contributed by atoms with Crippen LogP contribution in [0.25, 0.3) is 0 Å². The number of rotatable bonds is 4. The van der Waals surface area contributed by atoms with Gasteiger partial charge in [0, 0.05) is 6.07 Å². The Hall–Kier alpha value is -1.70. The number of amides is 1. The number of nitrogens with one attached hydrogen (secondary N) is 1. The molecule has 8 heteroatoms. The molecule has 0 aromatic heterocycles. The minimum absolute atomic E-state index is 0.0468. The lowest BCUT2D eigenvalue weighted by Crippen LogP contribution is -2.33. The van der Waals surface area contributed by atoms with Crippen LogP contribution in [0.15, 0.2) is 6.07 Å². The topological polar surface area (TPSA) is 55.1 Å². The lowest BCUT2D eigenvalue weighted by Gasteiger charge is -2.14. The minimum atomic E-state index is -1.69. The van der Waals surface area contributed by atoms with E-state index in [2.05, 4.69) is 12.2 Å². The van der Waals surface area contributed by atoms with E-state index in [4.69, 9.17) is 5.73 Å². The van der Waals surface area contributed by atoms with Crippen LogP contribution in [0.1, 0.15) is 13.3 Å². The molecule has 1 amide bonds. The monoisotopic (exact) mass is 294 g/mol. The fourth-order valence-electron chi connectivity index (χ4n) is 1.41. The molecule has 0 heterocycles. The molecule has 0 saturated carbocycles.